The Morgan fingerprint density at radius 2 is 2.32 bits per heavy atom. The lowest BCUT2D eigenvalue weighted by atomic mass is 10.3. The summed E-state index contributed by atoms with van der Waals surface area (Å²) in [5, 5.41) is 3.00. The first kappa shape index (κ1) is 13.3. The smallest absolute Gasteiger partial charge is 0.271 e. The van der Waals surface area contributed by atoms with E-state index in [9.17, 15) is 4.79 Å². The summed E-state index contributed by atoms with van der Waals surface area (Å²) in [5.41, 5.74) is 2.51. The molecule has 2 aromatic rings. The van der Waals surface area contributed by atoms with E-state index in [1.807, 2.05) is 10.8 Å². The van der Waals surface area contributed by atoms with Gasteiger partial charge >= 0.3 is 0 Å². The normalized spacial score (nSPS) is 10.2. The molecule has 0 atom stereocenters. The van der Waals surface area contributed by atoms with Crippen LogP contribution in [0.1, 0.15) is 10.5 Å². The van der Waals surface area contributed by atoms with Gasteiger partial charge in [0.15, 0.2) is 0 Å². The van der Waals surface area contributed by atoms with Crippen LogP contribution in [0, 0.1) is 0 Å². The number of hydrogen-bond acceptors (Lipinski definition) is 5. The van der Waals surface area contributed by atoms with Crippen LogP contribution in [0.2, 0.25) is 5.02 Å². The van der Waals surface area contributed by atoms with Crippen LogP contribution in [0.3, 0.4) is 0 Å². The Bertz CT molecular complexity index is 556. The van der Waals surface area contributed by atoms with E-state index >= 15 is 0 Å². The molecule has 0 unspecified atom stereocenters. The Balaban J connectivity index is 1.95. The third-order valence-corrected chi connectivity index (χ3v) is 2.73. The van der Waals surface area contributed by atoms with Crippen LogP contribution in [-0.4, -0.2) is 27.0 Å². The molecule has 0 aliphatic carbocycles. The predicted octanol–water partition coefficient (Wildman–Crippen LogP) is 0.647. The number of nitrogen functional groups attached to an aromatic ring is 1. The first-order valence-electron chi connectivity index (χ1n) is 5.58. The number of carbonyl (C=O) groups excluding carboxylic acids is 1. The summed E-state index contributed by atoms with van der Waals surface area (Å²) in [6, 6.07) is 3.15. The number of imidazole rings is 1. The molecule has 0 spiro atoms. The van der Waals surface area contributed by atoms with Crippen LogP contribution in [0.15, 0.2) is 30.9 Å². The van der Waals surface area contributed by atoms with Crippen LogP contribution in [0.25, 0.3) is 0 Å². The topological polar surface area (TPSA) is 97.9 Å². The second kappa shape index (κ2) is 6.17. The van der Waals surface area contributed by atoms with Crippen molar-refractivity contribution in [1.82, 2.24) is 19.9 Å². The number of amides is 1. The molecule has 0 aliphatic rings. The van der Waals surface area contributed by atoms with Gasteiger partial charge in [0.05, 0.1) is 11.3 Å². The lowest BCUT2D eigenvalue weighted by Crippen LogP contribution is -2.28. The summed E-state index contributed by atoms with van der Waals surface area (Å²) in [6.45, 7) is 1.08. The highest BCUT2D eigenvalue weighted by Gasteiger charge is 2.12. The Labute approximate surface area is 114 Å². The fraction of sp³-hybridized carbons (Fsp3) is 0.182. The first-order valence-corrected chi connectivity index (χ1v) is 5.95. The number of aromatic nitrogens is 3. The van der Waals surface area contributed by atoms with E-state index in [1.54, 1.807) is 24.7 Å². The van der Waals surface area contributed by atoms with Crippen molar-refractivity contribution in [1.29, 1.82) is 0 Å². The zero-order valence-corrected chi connectivity index (χ0v) is 10.8. The number of pyridine rings is 1. The fourth-order valence-electron chi connectivity index (χ4n) is 1.48. The summed E-state index contributed by atoms with van der Waals surface area (Å²) >= 11 is 5.92. The Morgan fingerprint density at radius 1 is 1.47 bits per heavy atom. The maximum Gasteiger partial charge on any atom is 0.271 e. The molecule has 0 saturated carbocycles. The largest absolute Gasteiger partial charge is 0.349 e. The van der Waals surface area contributed by atoms with E-state index in [0.717, 1.165) is 0 Å². The van der Waals surface area contributed by atoms with Crippen LogP contribution in [0.5, 0.6) is 0 Å². The van der Waals surface area contributed by atoms with Gasteiger partial charge in [0.1, 0.15) is 11.5 Å². The van der Waals surface area contributed by atoms with Crippen molar-refractivity contribution < 1.29 is 4.79 Å². The number of nitrogens with zero attached hydrogens (tertiary/aromatic N) is 3. The molecule has 0 aromatic carbocycles. The summed E-state index contributed by atoms with van der Waals surface area (Å²) < 4.78 is 1.85. The molecule has 0 saturated heterocycles. The SMILES string of the molecule is NNc1ccc(Cl)c(C(=O)NCCn2ccnc2)n1. The van der Waals surface area contributed by atoms with Gasteiger partial charge in [-0.25, -0.2) is 15.8 Å². The lowest BCUT2D eigenvalue weighted by molar-refractivity contribution is 0.0947. The molecule has 0 bridgehead atoms. The highest BCUT2D eigenvalue weighted by atomic mass is 35.5. The van der Waals surface area contributed by atoms with E-state index in [-0.39, 0.29) is 16.6 Å². The Kier molecular flexibility index (Phi) is 4.32. The Morgan fingerprint density at radius 3 is 3.00 bits per heavy atom. The molecule has 0 aliphatic heterocycles. The summed E-state index contributed by atoms with van der Waals surface area (Å²) in [7, 11) is 0. The number of nitrogens with one attached hydrogen (secondary N) is 2. The van der Waals surface area contributed by atoms with Crippen LogP contribution in [-0.2, 0) is 6.54 Å². The highest BCUT2D eigenvalue weighted by Crippen LogP contribution is 2.15. The van der Waals surface area contributed by atoms with E-state index in [2.05, 4.69) is 20.7 Å². The van der Waals surface area contributed by atoms with E-state index < -0.39 is 0 Å². The van der Waals surface area contributed by atoms with Gasteiger partial charge in [-0.1, -0.05) is 11.6 Å². The second-order valence-electron chi connectivity index (χ2n) is 3.73. The Hall–Kier alpha value is -2.12. The average Bonchev–Trinajstić information content (AvgIpc) is 2.92. The van der Waals surface area contributed by atoms with Gasteiger partial charge in [0.2, 0.25) is 0 Å². The fourth-order valence-corrected chi connectivity index (χ4v) is 1.67. The maximum absolute atomic E-state index is 11.9. The predicted molar refractivity (Wildman–Crippen MR) is 71.6 cm³/mol. The zero-order chi connectivity index (χ0) is 13.7. The number of carbonyl (C=O) groups is 1. The monoisotopic (exact) mass is 280 g/mol. The number of rotatable bonds is 5. The van der Waals surface area contributed by atoms with Gasteiger partial charge in [-0.05, 0) is 12.1 Å². The molecular weight excluding hydrogens is 268 g/mol. The number of hydrazine groups is 1. The summed E-state index contributed by atoms with van der Waals surface area (Å²) in [4.78, 5) is 19.8. The third kappa shape index (κ3) is 3.43. The van der Waals surface area contributed by atoms with Gasteiger partial charge < -0.3 is 15.3 Å². The minimum absolute atomic E-state index is 0.141. The van der Waals surface area contributed by atoms with Gasteiger partial charge in [0.25, 0.3) is 5.91 Å². The molecule has 8 heteroatoms. The molecule has 0 radical (unpaired) electrons. The van der Waals surface area contributed by atoms with Crippen molar-refractivity contribution in [2.75, 3.05) is 12.0 Å². The van der Waals surface area contributed by atoms with Crippen molar-refractivity contribution in [3.8, 4) is 0 Å². The van der Waals surface area contributed by atoms with E-state index in [1.165, 1.54) is 0 Å². The molecule has 1 amide bonds. The first-order chi connectivity index (χ1) is 9.20. The van der Waals surface area contributed by atoms with Crippen molar-refractivity contribution in [3.05, 3.63) is 41.6 Å². The molecule has 2 heterocycles. The van der Waals surface area contributed by atoms with Gasteiger partial charge in [-0.2, -0.15) is 0 Å². The number of halogens is 1. The molecule has 7 nitrogen and oxygen atoms in total. The minimum Gasteiger partial charge on any atom is -0.349 e. The molecule has 0 fully saturated rings. The van der Waals surface area contributed by atoms with Crippen LogP contribution < -0.4 is 16.6 Å². The molecule has 19 heavy (non-hydrogen) atoms. The number of hydrogen-bond donors (Lipinski definition) is 3. The van der Waals surface area contributed by atoms with Crippen LogP contribution in [0.4, 0.5) is 5.82 Å². The van der Waals surface area contributed by atoms with Crippen molar-refractivity contribution in [3.63, 3.8) is 0 Å². The number of anilines is 1. The van der Waals surface area contributed by atoms with E-state index in [4.69, 9.17) is 17.4 Å². The summed E-state index contributed by atoms with van der Waals surface area (Å²) in [5.74, 6) is 5.27. The number of nitrogens with two attached hydrogens (primary N) is 1. The van der Waals surface area contributed by atoms with Crippen molar-refractivity contribution in [2.45, 2.75) is 6.54 Å². The quantitative estimate of drug-likeness (QED) is 0.552. The lowest BCUT2D eigenvalue weighted by Gasteiger charge is -2.08. The molecule has 100 valence electrons. The summed E-state index contributed by atoms with van der Waals surface area (Å²) in [6.07, 6.45) is 5.17. The molecular formula is C11H13ClN6O. The molecule has 4 N–H and O–H groups in total. The van der Waals surface area contributed by atoms with Crippen molar-refractivity contribution >= 4 is 23.3 Å². The standard InChI is InChI=1S/C11H13ClN6O/c12-8-1-2-9(17-13)16-10(8)11(19)15-4-6-18-5-3-14-7-18/h1-3,5,7H,4,6,13H2,(H,15,19)(H,16,17). The van der Waals surface area contributed by atoms with Gasteiger partial charge in [-0.15, -0.1) is 0 Å². The van der Waals surface area contributed by atoms with Gasteiger partial charge in [-0.3, -0.25) is 4.79 Å². The van der Waals surface area contributed by atoms with Crippen LogP contribution >= 0.6 is 11.6 Å². The highest BCUT2D eigenvalue weighted by molar-refractivity contribution is 6.33. The van der Waals surface area contributed by atoms with Gasteiger partial charge in [0, 0.05) is 25.5 Å². The van der Waals surface area contributed by atoms with Crippen molar-refractivity contribution in [2.24, 2.45) is 5.84 Å². The third-order valence-electron chi connectivity index (χ3n) is 2.42. The molecule has 2 aromatic heterocycles. The average molecular weight is 281 g/mol. The maximum atomic E-state index is 11.9. The minimum atomic E-state index is -0.345. The zero-order valence-electron chi connectivity index (χ0n) is 10.0. The van der Waals surface area contributed by atoms with E-state index in [0.29, 0.717) is 18.9 Å². The second-order valence-corrected chi connectivity index (χ2v) is 4.13. The molecule has 2 rings (SSSR count).